The molecule has 2 aromatic carbocycles. The lowest BCUT2D eigenvalue weighted by Crippen LogP contribution is -1.93. The van der Waals surface area contributed by atoms with E-state index in [0.29, 0.717) is 6.42 Å². The molecule has 0 spiro atoms. The molecular formula is C18H18N2O. The van der Waals surface area contributed by atoms with Crippen molar-refractivity contribution in [1.82, 2.24) is 4.98 Å². The van der Waals surface area contributed by atoms with Crippen molar-refractivity contribution < 1.29 is 5.11 Å². The summed E-state index contributed by atoms with van der Waals surface area (Å²) in [6, 6.07) is 20.4. The summed E-state index contributed by atoms with van der Waals surface area (Å²) >= 11 is 0. The summed E-state index contributed by atoms with van der Waals surface area (Å²) in [4.78, 5) is 3.28. The molecule has 0 fully saturated rings. The second kappa shape index (κ2) is 6.29. The van der Waals surface area contributed by atoms with Crippen LogP contribution in [0.1, 0.15) is 5.56 Å². The Balaban J connectivity index is 1.81. The molecule has 0 unspecified atom stereocenters. The molecule has 0 bridgehead atoms. The number of nitrogens with one attached hydrogen (secondary N) is 2. The third kappa shape index (κ3) is 3.15. The lowest BCUT2D eigenvalue weighted by Gasteiger charge is -2.09. The highest BCUT2D eigenvalue weighted by Gasteiger charge is 2.06. The maximum absolute atomic E-state index is 8.94. The first-order valence-electron chi connectivity index (χ1n) is 7.06. The first-order valence-corrected chi connectivity index (χ1v) is 7.06. The van der Waals surface area contributed by atoms with Crippen molar-refractivity contribution in [3.8, 4) is 11.3 Å². The van der Waals surface area contributed by atoms with Crippen molar-refractivity contribution >= 4 is 11.4 Å². The predicted octanol–water partition coefficient (Wildman–Crippen LogP) is 3.96. The standard InChI is InChI=1S/C18H18N2O/c21-13-11-14-6-8-16(9-7-14)20-17-10-12-19-18(17)15-4-2-1-3-5-15/h1-10,12,19-21H,11,13H2. The zero-order valence-electron chi connectivity index (χ0n) is 11.7. The van der Waals surface area contributed by atoms with Crippen LogP contribution in [0.15, 0.2) is 66.9 Å². The normalized spacial score (nSPS) is 10.5. The maximum Gasteiger partial charge on any atom is 0.0693 e. The number of aliphatic hydroxyl groups is 1. The summed E-state index contributed by atoms with van der Waals surface area (Å²) in [6.07, 6.45) is 2.63. The number of aliphatic hydroxyl groups excluding tert-OH is 1. The van der Waals surface area contributed by atoms with Gasteiger partial charge in [-0.05, 0) is 30.2 Å². The van der Waals surface area contributed by atoms with Crippen molar-refractivity contribution in [1.29, 1.82) is 0 Å². The van der Waals surface area contributed by atoms with Crippen LogP contribution in [0.5, 0.6) is 0 Å². The molecule has 0 aliphatic heterocycles. The molecule has 1 aromatic heterocycles. The van der Waals surface area contributed by atoms with Gasteiger partial charge in [0.15, 0.2) is 0 Å². The van der Waals surface area contributed by atoms with Gasteiger partial charge >= 0.3 is 0 Å². The Morgan fingerprint density at radius 2 is 1.67 bits per heavy atom. The summed E-state index contributed by atoms with van der Waals surface area (Å²) in [5.74, 6) is 0. The summed E-state index contributed by atoms with van der Waals surface area (Å²) < 4.78 is 0. The second-order valence-electron chi connectivity index (χ2n) is 4.93. The molecule has 0 saturated heterocycles. The van der Waals surface area contributed by atoms with Crippen LogP contribution in [0, 0.1) is 0 Å². The van der Waals surface area contributed by atoms with Gasteiger partial charge in [0, 0.05) is 24.1 Å². The second-order valence-corrected chi connectivity index (χ2v) is 4.93. The number of rotatable bonds is 5. The molecule has 3 heteroatoms. The van der Waals surface area contributed by atoms with E-state index in [4.69, 9.17) is 5.11 Å². The smallest absolute Gasteiger partial charge is 0.0693 e. The predicted molar refractivity (Wildman–Crippen MR) is 86.7 cm³/mol. The molecule has 0 radical (unpaired) electrons. The van der Waals surface area contributed by atoms with Gasteiger partial charge in [0.1, 0.15) is 0 Å². The average molecular weight is 278 g/mol. The maximum atomic E-state index is 8.94. The quantitative estimate of drug-likeness (QED) is 0.661. The van der Waals surface area contributed by atoms with Gasteiger partial charge in [-0.25, -0.2) is 0 Å². The Morgan fingerprint density at radius 3 is 2.38 bits per heavy atom. The van der Waals surface area contributed by atoms with Gasteiger partial charge in [-0.2, -0.15) is 0 Å². The van der Waals surface area contributed by atoms with Crippen molar-refractivity contribution in [2.45, 2.75) is 6.42 Å². The number of aromatic nitrogens is 1. The molecule has 0 aliphatic carbocycles. The van der Waals surface area contributed by atoms with Gasteiger partial charge < -0.3 is 15.4 Å². The third-order valence-electron chi connectivity index (χ3n) is 3.44. The van der Waals surface area contributed by atoms with Gasteiger partial charge in [-0.1, -0.05) is 42.5 Å². The topological polar surface area (TPSA) is 48.0 Å². The lowest BCUT2D eigenvalue weighted by molar-refractivity contribution is 0.299. The van der Waals surface area contributed by atoms with Gasteiger partial charge in [-0.3, -0.25) is 0 Å². The van der Waals surface area contributed by atoms with E-state index in [1.807, 2.05) is 54.7 Å². The van der Waals surface area contributed by atoms with Gasteiger partial charge in [0.25, 0.3) is 0 Å². The molecule has 1 heterocycles. The molecule has 0 amide bonds. The van der Waals surface area contributed by atoms with E-state index in [1.54, 1.807) is 0 Å². The molecule has 106 valence electrons. The molecule has 3 nitrogen and oxygen atoms in total. The minimum absolute atomic E-state index is 0.183. The van der Waals surface area contributed by atoms with Crippen LogP contribution in [0.3, 0.4) is 0 Å². The van der Waals surface area contributed by atoms with Crippen LogP contribution in [0.4, 0.5) is 11.4 Å². The van der Waals surface area contributed by atoms with Gasteiger partial charge in [-0.15, -0.1) is 0 Å². The Labute approximate surface area is 124 Å². The van der Waals surface area contributed by atoms with Crippen molar-refractivity contribution in [3.63, 3.8) is 0 Å². The van der Waals surface area contributed by atoms with Crippen LogP contribution in [-0.2, 0) is 6.42 Å². The van der Waals surface area contributed by atoms with E-state index < -0.39 is 0 Å². The number of H-pyrrole nitrogens is 1. The fraction of sp³-hybridized carbons (Fsp3) is 0.111. The number of hydrogen-bond donors (Lipinski definition) is 3. The monoisotopic (exact) mass is 278 g/mol. The zero-order valence-corrected chi connectivity index (χ0v) is 11.7. The van der Waals surface area contributed by atoms with Crippen LogP contribution >= 0.6 is 0 Å². The summed E-state index contributed by atoms with van der Waals surface area (Å²) in [7, 11) is 0. The molecule has 0 saturated carbocycles. The van der Waals surface area contributed by atoms with E-state index in [-0.39, 0.29) is 6.61 Å². The molecule has 0 aliphatic rings. The molecule has 21 heavy (non-hydrogen) atoms. The molecule has 3 N–H and O–H groups in total. The van der Waals surface area contributed by atoms with E-state index >= 15 is 0 Å². The Bertz CT molecular complexity index is 687. The lowest BCUT2D eigenvalue weighted by atomic mass is 10.1. The highest BCUT2D eigenvalue weighted by molar-refractivity contribution is 5.78. The number of anilines is 2. The summed E-state index contributed by atoms with van der Waals surface area (Å²) in [6.45, 7) is 0.183. The SMILES string of the molecule is OCCc1ccc(Nc2cc[nH]c2-c2ccccc2)cc1. The van der Waals surface area contributed by atoms with Gasteiger partial charge in [0.05, 0.1) is 11.4 Å². The van der Waals surface area contributed by atoms with E-state index in [2.05, 4.69) is 22.4 Å². The highest BCUT2D eigenvalue weighted by Crippen LogP contribution is 2.28. The summed E-state index contributed by atoms with van der Waals surface area (Å²) in [5, 5.41) is 12.4. The van der Waals surface area contributed by atoms with E-state index in [9.17, 15) is 0 Å². The van der Waals surface area contributed by atoms with Crippen molar-refractivity contribution in [2.24, 2.45) is 0 Å². The minimum Gasteiger partial charge on any atom is -0.396 e. The Hall–Kier alpha value is -2.52. The van der Waals surface area contributed by atoms with Crippen LogP contribution < -0.4 is 5.32 Å². The van der Waals surface area contributed by atoms with Crippen molar-refractivity contribution in [3.05, 3.63) is 72.4 Å². The van der Waals surface area contributed by atoms with Crippen molar-refractivity contribution in [2.75, 3.05) is 11.9 Å². The summed E-state index contributed by atoms with van der Waals surface area (Å²) in [5.41, 5.74) is 5.46. The third-order valence-corrected chi connectivity index (χ3v) is 3.44. The largest absolute Gasteiger partial charge is 0.396 e. The number of benzene rings is 2. The first-order chi connectivity index (χ1) is 10.4. The van der Waals surface area contributed by atoms with Crippen LogP contribution in [0.2, 0.25) is 0 Å². The van der Waals surface area contributed by atoms with Gasteiger partial charge in [0.2, 0.25) is 0 Å². The van der Waals surface area contributed by atoms with E-state index in [1.165, 1.54) is 0 Å². The molecule has 0 atom stereocenters. The minimum atomic E-state index is 0.183. The fourth-order valence-corrected chi connectivity index (χ4v) is 2.36. The van der Waals surface area contributed by atoms with E-state index in [0.717, 1.165) is 28.2 Å². The molecule has 3 rings (SSSR count). The molecular weight excluding hydrogens is 260 g/mol. The van der Waals surface area contributed by atoms with Crippen LogP contribution in [-0.4, -0.2) is 16.7 Å². The Kier molecular flexibility index (Phi) is 4.03. The Morgan fingerprint density at radius 1 is 0.905 bits per heavy atom. The van der Waals surface area contributed by atoms with Crippen LogP contribution in [0.25, 0.3) is 11.3 Å². The molecule has 3 aromatic rings. The number of aromatic amines is 1. The average Bonchev–Trinajstić information content (AvgIpc) is 2.98. The zero-order chi connectivity index (χ0) is 14.5. The number of hydrogen-bond acceptors (Lipinski definition) is 2. The fourth-order valence-electron chi connectivity index (χ4n) is 2.36. The highest BCUT2D eigenvalue weighted by atomic mass is 16.2. The first kappa shape index (κ1) is 13.5.